The number of ether oxygens (including phenoxy) is 1. The topological polar surface area (TPSA) is 81.4 Å². The second-order valence-corrected chi connectivity index (χ2v) is 7.42. The van der Waals surface area contributed by atoms with Crippen LogP contribution in [-0.2, 0) is 28.3 Å². The number of halogens is 1. The Hall–Kier alpha value is -2.96. The van der Waals surface area contributed by atoms with Gasteiger partial charge in [0, 0.05) is 5.56 Å². The van der Waals surface area contributed by atoms with Gasteiger partial charge in [0.15, 0.2) is 5.15 Å². The van der Waals surface area contributed by atoms with E-state index < -0.39 is 17.1 Å². The molecule has 0 radical (unpaired) electrons. The van der Waals surface area contributed by atoms with Crippen LogP contribution in [0, 0.1) is 0 Å². The SMILES string of the molecule is CC(C)(O)c1nc(Cl)c(-c2ccccc2)n(CC(=O)OCc2ccccc2)c1=O. The molecule has 3 aromatic rings. The van der Waals surface area contributed by atoms with Crippen LogP contribution in [0.5, 0.6) is 0 Å². The van der Waals surface area contributed by atoms with Crippen molar-refractivity contribution < 1.29 is 14.6 Å². The predicted octanol–water partition coefficient (Wildman–Crippen LogP) is 3.53. The normalized spacial score (nSPS) is 11.3. The molecule has 0 amide bonds. The molecule has 0 atom stereocenters. The van der Waals surface area contributed by atoms with Gasteiger partial charge in [-0.05, 0) is 19.4 Å². The fourth-order valence-corrected chi connectivity index (χ4v) is 3.17. The highest BCUT2D eigenvalue weighted by atomic mass is 35.5. The molecule has 0 fully saturated rings. The zero-order valence-corrected chi connectivity index (χ0v) is 16.9. The summed E-state index contributed by atoms with van der Waals surface area (Å²) in [4.78, 5) is 29.6. The average molecular weight is 413 g/mol. The van der Waals surface area contributed by atoms with Crippen LogP contribution < -0.4 is 5.56 Å². The standard InChI is InChI=1S/C22H21ClN2O4/c1-22(2,28)19-21(27)25(13-17(26)29-14-15-9-5-3-6-10-15)18(20(23)24-19)16-11-7-4-8-12-16/h3-12,28H,13-14H2,1-2H3. The van der Waals surface area contributed by atoms with Crippen LogP contribution in [0.15, 0.2) is 65.5 Å². The van der Waals surface area contributed by atoms with E-state index in [1.807, 2.05) is 36.4 Å². The molecule has 3 rings (SSSR count). The highest BCUT2D eigenvalue weighted by molar-refractivity contribution is 6.31. The summed E-state index contributed by atoms with van der Waals surface area (Å²) in [7, 11) is 0. The molecule has 0 unspecified atom stereocenters. The molecule has 29 heavy (non-hydrogen) atoms. The summed E-state index contributed by atoms with van der Waals surface area (Å²) < 4.78 is 6.52. The van der Waals surface area contributed by atoms with Crippen molar-refractivity contribution in [1.82, 2.24) is 9.55 Å². The Balaban J connectivity index is 1.99. The molecule has 1 N–H and O–H groups in total. The minimum Gasteiger partial charge on any atom is -0.459 e. The summed E-state index contributed by atoms with van der Waals surface area (Å²) in [5.74, 6) is -0.600. The van der Waals surface area contributed by atoms with Gasteiger partial charge in [-0.1, -0.05) is 72.3 Å². The van der Waals surface area contributed by atoms with Gasteiger partial charge >= 0.3 is 5.97 Å². The number of rotatable bonds is 6. The van der Waals surface area contributed by atoms with Crippen molar-refractivity contribution >= 4 is 17.6 Å². The monoisotopic (exact) mass is 412 g/mol. The van der Waals surface area contributed by atoms with Crippen LogP contribution in [0.3, 0.4) is 0 Å². The molecule has 0 aliphatic carbocycles. The third kappa shape index (κ3) is 4.91. The molecule has 0 aliphatic rings. The number of esters is 1. The number of benzene rings is 2. The van der Waals surface area contributed by atoms with Crippen LogP contribution in [0.25, 0.3) is 11.3 Å². The number of carbonyl (C=O) groups is 1. The van der Waals surface area contributed by atoms with Gasteiger partial charge in [-0.15, -0.1) is 0 Å². The molecule has 0 saturated carbocycles. The van der Waals surface area contributed by atoms with Crippen molar-refractivity contribution in [2.75, 3.05) is 0 Å². The van der Waals surface area contributed by atoms with E-state index in [1.54, 1.807) is 24.3 Å². The first-order chi connectivity index (χ1) is 13.8. The smallest absolute Gasteiger partial charge is 0.326 e. The van der Waals surface area contributed by atoms with Crippen molar-refractivity contribution in [2.45, 2.75) is 32.6 Å². The summed E-state index contributed by atoms with van der Waals surface area (Å²) in [5, 5.41) is 10.3. The predicted molar refractivity (Wildman–Crippen MR) is 110 cm³/mol. The Morgan fingerprint density at radius 2 is 1.69 bits per heavy atom. The Morgan fingerprint density at radius 3 is 2.28 bits per heavy atom. The largest absolute Gasteiger partial charge is 0.459 e. The summed E-state index contributed by atoms with van der Waals surface area (Å²) in [6.07, 6.45) is 0. The van der Waals surface area contributed by atoms with E-state index in [1.165, 1.54) is 18.4 Å². The van der Waals surface area contributed by atoms with Gasteiger partial charge < -0.3 is 9.84 Å². The average Bonchev–Trinajstić information content (AvgIpc) is 2.69. The molecule has 150 valence electrons. The number of hydrogen-bond donors (Lipinski definition) is 1. The lowest BCUT2D eigenvalue weighted by Gasteiger charge is -2.20. The van der Waals surface area contributed by atoms with E-state index >= 15 is 0 Å². The van der Waals surface area contributed by atoms with Crippen molar-refractivity contribution in [2.24, 2.45) is 0 Å². The van der Waals surface area contributed by atoms with Crippen LogP contribution >= 0.6 is 11.6 Å². The second kappa shape index (κ2) is 8.59. The molecule has 0 saturated heterocycles. The van der Waals surface area contributed by atoms with E-state index in [0.29, 0.717) is 11.3 Å². The molecule has 6 nitrogen and oxygen atoms in total. The van der Waals surface area contributed by atoms with Crippen molar-refractivity contribution in [3.63, 3.8) is 0 Å². The van der Waals surface area contributed by atoms with Gasteiger partial charge in [0.05, 0.1) is 5.69 Å². The van der Waals surface area contributed by atoms with Crippen LogP contribution in [0.4, 0.5) is 0 Å². The third-order valence-corrected chi connectivity index (χ3v) is 4.54. The Kier molecular flexibility index (Phi) is 6.15. The minimum absolute atomic E-state index is 0.0174. The van der Waals surface area contributed by atoms with Gasteiger partial charge in [-0.3, -0.25) is 14.2 Å². The highest BCUT2D eigenvalue weighted by Crippen LogP contribution is 2.27. The minimum atomic E-state index is -1.52. The van der Waals surface area contributed by atoms with Gasteiger partial charge in [-0.25, -0.2) is 4.98 Å². The van der Waals surface area contributed by atoms with Crippen LogP contribution in [-0.4, -0.2) is 20.6 Å². The molecule has 0 bridgehead atoms. The molecule has 1 heterocycles. The fourth-order valence-electron chi connectivity index (χ4n) is 2.87. The lowest BCUT2D eigenvalue weighted by atomic mass is 10.1. The van der Waals surface area contributed by atoms with E-state index in [2.05, 4.69) is 4.98 Å². The number of aromatic nitrogens is 2. The fraction of sp³-hybridized carbons (Fsp3) is 0.227. The van der Waals surface area contributed by atoms with Crippen molar-refractivity contribution in [1.29, 1.82) is 0 Å². The Bertz CT molecular complexity index is 1060. The lowest BCUT2D eigenvalue weighted by Crippen LogP contribution is -2.36. The molecule has 0 aliphatic heterocycles. The first-order valence-corrected chi connectivity index (χ1v) is 9.43. The first kappa shape index (κ1) is 20.8. The van der Waals surface area contributed by atoms with Gasteiger partial charge in [0.25, 0.3) is 5.56 Å². The van der Waals surface area contributed by atoms with E-state index in [9.17, 15) is 14.7 Å². The maximum absolute atomic E-state index is 13.0. The number of nitrogens with zero attached hydrogens (tertiary/aromatic N) is 2. The number of aliphatic hydroxyl groups is 1. The van der Waals surface area contributed by atoms with Gasteiger partial charge in [-0.2, -0.15) is 0 Å². The van der Waals surface area contributed by atoms with Crippen LogP contribution in [0.2, 0.25) is 5.15 Å². The molecule has 0 spiro atoms. The van der Waals surface area contributed by atoms with Crippen molar-refractivity contribution in [3.05, 3.63) is 87.4 Å². The number of carbonyl (C=O) groups excluding carboxylic acids is 1. The number of hydrogen-bond acceptors (Lipinski definition) is 5. The maximum atomic E-state index is 13.0. The Morgan fingerprint density at radius 1 is 1.10 bits per heavy atom. The van der Waals surface area contributed by atoms with E-state index in [-0.39, 0.29) is 24.0 Å². The Labute approximate surface area is 173 Å². The van der Waals surface area contributed by atoms with Crippen molar-refractivity contribution in [3.8, 4) is 11.3 Å². The molecule has 7 heteroatoms. The molecule has 2 aromatic carbocycles. The first-order valence-electron chi connectivity index (χ1n) is 9.05. The zero-order valence-electron chi connectivity index (χ0n) is 16.1. The molecular weight excluding hydrogens is 392 g/mol. The molecular formula is C22H21ClN2O4. The highest BCUT2D eigenvalue weighted by Gasteiger charge is 2.27. The van der Waals surface area contributed by atoms with E-state index in [4.69, 9.17) is 16.3 Å². The van der Waals surface area contributed by atoms with Gasteiger partial charge in [0.1, 0.15) is 24.4 Å². The second-order valence-electron chi connectivity index (χ2n) is 7.06. The quantitative estimate of drug-likeness (QED) is 0.626. The maximum Gasteiger partial charge on any atom is 0.326 e. The van der Waals surface area contributed by atoms with Crippen LogP contribution in [0.1, 0.15) is 25.1 Å². The van der Waals surface area contributed by atoms with Gasteiger partial charge in [0.2, 0.25) is 0 Å². The summed E-state index contributed by atoms with van der Waals surface area (Å²) in [6.45, 7) is 2.61. The van der Waals surface area contributed by atoms with E-state index in [0.717, 1.165) is 5.56 Å². The summed E-state index contributed by atoms with van der Waals surface area (Å²) in [5.41, 5.74) is -0.509. The summed E-state index contributed by atoms with van der Waals surface area (Å²) in [6, 6.07) is 18.2. The third-order valence-electron chi connectivity index (χ3n) is 4.28. The zero-order chi connectivity index (χ0) is 21.0. The molecule has 1 aromatic heterocycles. The lowest BCUT2D eigenvalue weighted by molar-refractivity contribution is -0.145. The summed E-state index contributed by atoms with van der Waals surface area (Å²) >= 11 is 6.37.